The van der Waals surface area contributed by atoms with E-state index >= 15 is 0 Å². The largest absolute Gasteiger partial charge is 0.347 e. The van der Waals surface area contributed by atoms with E-state index in [1.165, 1.54) is 38.5 Å². The van der Waals surface area contributed by atoms with Crippen molar-refractivity contribution in [3.05, 3.63) is 0 Å². The summed E-state index contributed by atoms with van der Waals surface area (Å²) in [5.41, 5.74) is 2.56. The Kier molecular flexibility index (Phi) is 4.10. The van der Waals surface area contributed by atoms with Gasteiger partial charge < -0.3 is 9.80 Å². The lowest BCUT2D eigenvalue weighted by molar-refractivity contribution is 0.241. The number of hydrogen-bond acceptors (Lipinski definition) is 7. The van der Waals surface area contributed by atoms with Crippen LogP contribution in [0.1, 0.15) is 38.5 Å². The molecular weight excluding hydrogens is 266 g/mol. The fraction of sp³-hybridized carbons (Fsp3) is 0.786. The summed E-state index contributed by atoms with van der Waals surface area (Å²) in [6, 6.07) is 0.579. The molecule has 0 spiro atoms. The fourth-order valence-corrected chi connectivity index (χ4v) is 3.62. The van der Waals surface area contributed by atoms with Gasteiger partial charge in [-0.05, 0) is 31.6 Å². The van der Waals surface area contributed by atoms with Crippen LogP contribution < -0.4 is 21.1 Å². The number of rotatable bonds is 3. The molecule has 2 heterocycles. The molecule has 21 heavy (non-hydrogen) atoms. The zero-order valence-corrected chi connectivity index (χ0v) is 12.9. The van der Waals surface area contributed by atoms with Crippen molar-refractivity contribution in [2.75, 3.05) is 35.9 Å². The second-order valence-corrected chi connectivity index (χ2v) is 6.25. The molecule has 3 N–H and O–H groups in total. The van der Waals surface area contributed by atoms with Gasteiger partial charge in [0.25, 0.3) is 0 Å². The van der Waals surface area contributed by atoms with Gasteiger partial charge in [-0.25, -0.2) is 5.84 Å². The van der Waals surface area contributed by atoms with Gasteiger partial charge in [-0.15, -0.1) is 0 Å². The van der Waals surface area contributed by atoms with Crippen LogP contribution in [0.2, 0.25) is 0 Å². The second kappa shape index (κ2) is 6.01. The molecule has 1 aliphatic carbocycles. The summed E-state index contributed by atoms with van der Waals surface area (Å²) in [5, 5.41) is 0. The second-order valence-electron chi connectivity index (χ2n) is 6.25. The Labute approximate surface area is 125 Å². The van der Waals surface area contributed by atoms with Crippen molar-refractivity contribution in [2.24, 2.45) is 11.8 Å². The Hall–Kier alpha value is -1.63. The lowest BCUT2D eigenvalue weighted by atomic mass is 9.78. The molecule has 1 aromatic heterocycles. The number of anilines is 3. The van der Waals surface area contributed by atoms with Crippen LogP contribution in [0.15, 0.2) is 0 Å². The van der Waals surface area contributed by atoms with Crippen LogP contribution in [0.3, 0.4) is 0 Å². The van der Waals surface area contributed by atoms with Crippen molar-refractivity contribution in [3.63, 3.8) is 0 Å². The third-order valence-electron chi connectivity index (χ3n) is 4.64. The number of nitrogen functional groups attached to an aromatic ring is 1. The molecule has 116 valence electrons. The molecule has 2 atom stereocenters. The zero-order chi connectivity index (χ0) is 14.8. The minimum Gasteiger partial charge on any atom is -0.347 e. The molecule has 1 saturated heterocycles. The first-order chi connectivity index (χ1) is 10.2. The van der Waals surface area contributed by atoms with E-state index in [1.54, 1.807) is 0 Å². The van der Waals surface area contributed by atoms with E-state index in [1.807, 2.05) is 19.0 Å². The van der Waals surface area contributed by atoms with Crippen molar-refractivity contribution in [1.29, 1.82) is 0 Å². The first-order valence-electron chi connectivity index (χ1n) is 7.85. The highest BCUT2D eigenvalue weighted by molar-refractivity contribution is 5.45. The maximum atomic E-state index is 5.51. The van der Waals surface area contributed by atoms with Gasteiger partial charge in [0.2, 0.25) is 17.8 Å². The third kappa shape index (κ3) is 2.88. The highest BCUT2D eigenvalue weighted by Gasteiger charge is 2.34. The maximum Gasteiger partial charge on any atom is 0.243 e. The topological polar surface area (TPSA) is 83.2 Å². The standard InChI is InChI=1S/C14H25N7/c1-20(2)13-16-12(19-15)17-14(18-13)21-9-5-7-10-6-3-4-8-11(10)21/h10-11H,3-9,15H2,1-2H3,(H,16,17,18,19). The Morgan fingerprint density at radius 1 is 1.10 bits per heavy atom. The summed E-state index contributed by atoms with van der Waals surface area (Å²) in [7, 11) is 3.86. The van der Waals surface area contributed by atoms with Gasteiger partial charge in [-0.1, -0.05) is 12.8 Å². The summed E-state index contributed by atoms with van der Waals surface area (Å²) >= 11 is 0. The maximum absolute atomic E-state index is 5.51. The quantitative estimate of drug-likeness (QED) is 0.643. The monoisotopic (exact) mass is 291 g/mol. The molecule has 7 nitrogen and oxygen atoms in total. The average molecular weight is 291 g/mol. The highest BCUT2D eigenvalue weighted by Crippen LogP contribution is 2.37. The number of piperidine rings is 1. The molecule has 0 radical (unpaired) electrons. The minimum atomic E-state index is 0.432. The number of hydrazine groups is 1. The van der Waals surface area contributed by atoms with Crippen LogP contribution in [0, 0.1) is 5.92 Å². The SMILES string of the molecule is CN(C)c1nc(NN)nc(N2CCCC3CCCCC32)n1. The average Bonchev–Trinajstić information content (AvgIpc) is 2.53. The molecule has 1 aliphatic heterocycles. The van der Waals surface area contributed by atoms with Crippen LogP contribution >= 0.6 is 0 Å². The van der Waals surface area contributed by atoms with Gasteiger partial charge in [-0.2, -0.15) is 15.0 Å². The van der Waals surface area contributed by atoms with Crippen molar-refractivity contribution in [1.82, 2.24) is 15.0 Å². The highest BCUT2D eigenvalue weighted by atomic mass is 15.4. The van der Waals surface area contributed by atoms with Gasteiger partial charge >= 0.3 is 0 Å². The van der Waals surface area contributed by atoms with E-state index in [0.717, 1.165) is 18.4 Å². The lowest BCUT2D eigenvalue weighted by Gasteiger charge is -2.44. The van der Waals surface area contributed by atoms with E-state index in [-0.39, 0.29) is 0 Å². The minimum absolute atomic E-state index is 0.432. The first kappa shape index (κ1) is 14.3. The normalized spacial score (nSPS) is 25.4. The summed E-state index contributed by atoms with van der Waals surface area (Å²) in [6.07, 6.45) is 7.83. The smallest absolute Gasteiger partial charge is 0.243 e. The number of nitrogens with one attached hydrogen (secondary N) is 1. The van der Waals surface area contributed by atoms with Crippen LogP contribution in [0.25, 0.3) is 0 Å². The Balaban J connectivity index is 1.92. The lowest BCUT2D eigenvalue weighted by Crippen LogP contribution is -2.47. The number of aromatic nitrogens is 3. The molecule has 2 unspecified atom stereocenters. The molecule has 0 bridgehead atoms. The van der Waals surface area contributed by atoms with Gasteiger partial charge in [0.15, 0.2) is 0 Å². The van der Waals surface area contributed by atoms with Crippen molar-refractivity contribution >= 4 is 17.8 Å². The molecule has 3 rings (SSSR count). The molecule has 7 heteroatoms. The number of hydrogen-bond donors (Lipinski definition) is 2. The number of fused-ring (bicyclic) bond motifs is 1. The predicted molar refractivity (Wildman–Crippen MR) is 84.3 cm³/mol. The van der Waals surface area contributed by atoms with E-state index in [4.69, 9.17) is 5.84 Å². The van der Waals surface area contributed by atoms with Crippen LogP contribution in [-0.2, 0) is 0 Å². The van der Waals surface area contributed by atoms with Crippen LogP contribution in [0.5, 0.6) is 0 Å². The Morgan fingerprint density at radius 3 is 2.62 bits per heavy atom. The van der Waals surface area contributed by atoms with E-state index in [2.05, 4.69) is 25.3 Å². The number of nitrogens with two attached hydrogens (primary N) is 1. The summed E-state index contributed by atoms with van der Waals surface area (Å²) in [5.74, 6) is 8.14. The van der Waals surface area contributed by atoms with E-state index in [0.29, 0.717) is 17.9 Å². The van der Waals surface area contributed by atoms with Gasteiger partial charge in [-0.3, -0.25) is 5.43 Å². The third-order valence-corrected chi connectivity index (χ3v) is 4.64. The Bertz CT molecular complexity index is 488. The van der Waals surface area contributed by atoms with Gasteiger partial charge in [0, 0.05) is 26.7 Å². The molecular formula is C14H25N7. The number of nitrogens with zero attached hydrogens (tertiary/aromatic N) is 5. The van der Waals surface area contributed by atoms with Gasteiger partial charge in [0.05, 0.1) is 0 Å². The fourth-order valence-electron chi connectivity index (χ4n) is 3.62. The van der Waals surface area contributed by atoms with Crippen LogP contribution in [0.4, 0.5) is 17.8 Å². The summed E-state index contributed by atoms with van der Waals surface area (Å²) in [6.45, 7) is 1.03. The van der Waals surface area contributed by atoms with Crippen molar-refractivity contribution in [3.8, 4) is 0 Å². The molecule has 0 amide bonds. The predicted octanol–water partition coefficient (Wildman–Crippen LogP) is 1.38. The van der Waals surface area contributed by atoms with E-state index < -0.39 is 0 Å². The zero-order valence-electron chi connectivity index (χ0n) is 12.9. The molecule has 2 aliphatic rings. The summed E-state index contributed by atoms with van der Waals surface area (Å²) in [4.78, 5) is 17.7. The summed E-state index contributed by atoms with van der Waals surface area (Å²) < 4.78 is 0. The van der Waals surface area contributed by atoms with Crippen LogP contribution in [-0.4, -0.2) is 41.6 Å². The molecule has 0 aromatic carbocycles. The first-order valence-corrected chi connectivity index (χ1v) is 7.85. The van der Waals surface area contributed by atoms with E-state index in [9.17, 15) is 0 Å². The molecule has 1 saturated carbocycles. The molecule has 2 fully saturated rings. The van der Waals surface area contributed by atoms with Crippen molar-refractivity contribution < 1.29 is 0 Å². The van der Waals surface area contributed by atoms with Gasteiger partial charge in [0.1, 0.15) is 0 Å². The Morgan fingerprint density at radius 2 is 1.86 bits per heavy atom. The molecule has 1 aromatic rings. The van der Waals surface area contributed by atoms with Crippen molar-refractivity contribution in [2.45, 2.75) is 44.6 Å².